The molecule has 1 fully saturated rings. The van der Waals surface area contributed by atoms with Crippen molar-refractivity contribution in [3.63, 3.8) is 0 Å². The number of methoxy groups -OCH3 is 2. The first-order valence-electron chi connectivity index (χ1n) is 10.4. The molecular formula is C23H25O12+. The number of phenols is 3. The Labute approximate surface area is 198 Å². The van der Waals surface area contributed by atoms with Crippen molar-refractivity contribution < 1.29 is 59.1 Å². The van der Waals surface area contributed by atoms with Crippen LogP contribution in [0, 0.1) is 0 Å². The molecule has 12 nitrogen and oxygen atoms in total. The summed E-state index contributed by atoms with van der Waals surface area (Å²) in [6.07, 6.45) is -7.75. The summed E-state index contributed by atoms with van der Waals surface area (Å²) in [7, 11) is 2.66. The Hall–Kier alpha value is -3.55. The van der Waals surface area contributed by atoms with Crippen LogP contribution >= 0.6 is 0 Å². The highest BCUT2D eigenvalue weighted by molar-refractivity contribution is 5.89. The highest BCUT2D eigenvalue weighted by Gasteiger charge is 2.45. The second-order valence-corrected chi connectivity index (χ2v) is 7.86. The van der Waals surface area contributed by atoms with Crippen molar-refractivity contribution in [2.45, 2.75) is 30.7 Å². The van der Waals surface area contributed by atoms with Crippen molar-refractivity contribution >= 4 is 11.0 Å². The predicted molar refractivity (Wildman–Crippen MR) is 119 cm³/mol. The van der Waals surface area contributed by atoms with Gasteiger partial charge in [-0.15, -0.1) is 0 Å². The summed E-state index contributed by atoms with van der Waals surface area (Å²) in [5.41, 5.74) is 0.325. The highest BCUT2D eigenvalue weighted by Crippen LogP contribution is 2.45. The third-order valence-corrected chi connectivity index (χ3v) is 5.65. The maximum atomic E-state index is 10.4. The third-order valence-electron chi connectivity index (χ3n) is 5.65. The molecule has 7 N–H and O–H groups in total. The summed E-state index contributed by atoms with van der Waals surface area (Å²) < 4.78 is 27.6. The van der Waals surface area contributed by atoms with Crippen LogP contribution in [0.5, 0.6) is 34.5 Å². The molecule has 3 aromatic rings. The normalized spacial score (nSPS) is 24.3. The number of hydrogen-bond donors (Lipinski definition) is 7. The summed E-state index contributed by atoms with van der Waals surface area (Å²) in [6.45, 7) is -0.657. The predicted octanol–water partition coefficient (Wildman–Crippen LogP) is 0.694. The number of ether oxygens (including phenoxy) is 4. The first-order chi connectivity index (χ1) is 16.7. The minimum Gasteiger partial charge on any atom is -0.507 e. The van der Waals surface area contributed by atoms with Gasteiger partial charge in [-0.25, -0.2) is 4.42 Å². The minimum atomic E-state index is -1.71. The molecular weight excluding hydrogens is 468 g/mol. The van der Waals surface area contributed by atoms with E-state index in [1.54, 1.807) is 0 Å². The van der Waals surface area contributed by atoms with E-state index in [1.165, 1.54) is 44.6 Å². The fraction of sp³-hybridized carbons (Fsp3) is 0.348. The monoisotopic (exact) mass is 493 g/mol. The van der Waals surface area contributed by atoms with Gasteiger partial charge in [0, 0.05) is 24.3 Å². The SMILES string of the molecule is COc1cc(-c2[o+]c3cc(O)cc(OC)c3cc2O[C@@H]2OC(CO)[C@H](O)C(O)C2O)cc(O)c1O. The molecule has 1 saturated heterocycles. The molecule has 0 radical (unpaired) electrons. The Bertz CT molecular complexity index is 1230. The third kappa shape index (κ3) is 4.45. The van der Waals surface area contributed by atoms with Crippen molar-refractivity contribution in [1.29, 1.82) is 0 Å². The van der Waals surface area contributed by atoms with Gasteiger partial charge in [0.1, 0.15) is 41.3 Å². The van der Waals surface area contributed by atoms with Gasteiger partial charge < -0.3 is 54.7 Å². The van der Waals surface area contributed by atoms with Crippen LogP contribution in [0.25, 0.3) is 22.3 Å². The summed E-state index contributed by atoms with van der Waals surface area (Å²) in [5.74, 6) is -1.16. The second kappa shape index (κ2) is 9.60. The number of benzene rings is 2. The fourth-order valence-corrected chi connectivity index (χ4v) is 3.80. The van der Waals surface area contributed by atoms with Crippen LogP contribution in [0.4, 0.5) is 0 Å². The lowest BCUT2D eigenvalue weighted by Gasteiger charge is -2.39. The van der Waals surface area contributed by atoms with Crippen molar-refractivity contribution in [3.8, 4) is 45.8 Å². The highest BCUT2D eigenvalue weighted by atomic mass is 16.7. The Balaban J connectivity index is 1.89. The van der Waals surface area contributed by atoms with Crippen LogP contribution in [0.15, 0.2) is 34.7 Å². The summed E-state index contributed by atoms with van der Waals surface area (Å²) in [6, 6.07) is 6.62. The first kappa shape index (κ1) is 24.6. The molecule has 0 aliphatic carbocycles. The molecule has 1 aliphatic heterocycles. The van der Waals surface area contributed by atoms with E-state index in [0.717, 1.165) is 0 Å². The molecule has 1 aromatic heterocycles. The van der Waals surface area contributed by atoms with E-state index < -0.39 is 48.8 Å². The van der Waals surface area contributed by atoms with E-state index in [4.69, 9.17) is 23.4 Å². The van der Waals surface area contributed by atoms with E-state index in [0.29, 0.717) is 5.39 Å². The molecule has 0 amide bonds. The number of hydrogen-bond acceptors (Lipinski definition) is 11. The fourth-order valence-electron chi connectivity index (χ4n) is 3.80. The number of phenolic OH excluding ortho intramolecular Hbond substituents is 3. The molecule has 0 saturated carbocycles. The first-order valence-corrected chi connectivity index (χ1v) is 10.4. The quantitative estimate of drug-likeness (QED) is 0.188. The molecule has 0 bridgehead atoms. The van der Waals surface area contributed by atoms with Crippen molar-refractivity contribution in [2.24, 2.45) is 0 Å². The van der Waals surface area contributed by atoms with E-state index in [2.05, 4.69) is 0 Å². The van der Waals surface area contributed by atoms with Crippen molar-refractivity contribution in [1.82, 2.24) is 0 Å². The van der Waals surface area contributed by atoms with Crippen LogP contribution < -0.4 is 14.2 Å². The summed E-state index contributed by atoms with van der Waals surface area (Å²) >= 11 is 0. The van der Waals surface area contributed by atoms with Gasteiger partial charge in [-0.05, 0) is 0 Å². The van der Waals surface area contributed by atoms with Gasteiger partial charge in [-0.1, -0.05) is 0 Å². The Kier molecular flexibility index (Phi) is 6.74. The molecule has 2 heterocycles. The number of aromatic hydroxyl groups is 3. The lowest BCUT2D eigenvalue weighted by atomic mass is 9.99. The lowest BCUT2D eigenvalue weighted by Crippen LogP contribution is -2.60. The average molecular weight is 493 g/mol. The summed E-state index contributed by atoms with van der Waals surface area (Å²) in [5, 5.41) is 70.7. The molecule has 0 spiro atoms. The van der Waals surface area contributed by atoms with Crippen molar-refractivity contribution in [3.05, 3.63) is 30.3 Å². The van der Waals surface area contributed by atoms with E-state index >= 15 is 0 Å². The molecule has 4 rings (SSSR count). The zero-order valence-corrected chi connectivity index (χ0v) is 18.7. The van der Waals surface area contributed by atoms with Gasteiger partial charge in [0.05, 0.1) is 32.5 Å². The van der Waals surface area contributed by atoms with Gasteiger partial charge in [0.25, 0.3) is 0 Å². The van der Waals surface area contributed by atoms with Gasteiger partial charge in [-0.3, -0.25) is 0 Å². The van der Waals surface area contributed by atoms with Gasteiger partial charge in [-0.2, -0.15) is 0 Å². The van der Waals surface area contributed by atoms with Gasteiger partial charge in [0.2, 0.25) is 17.8 Å². The molecule has 35 heavy (non-hydrogen) atoms. The molecule has 12 heteroatoms. The van der Waals surface area contributed by atoms with E-state index in [9.17, 15) is 35.7 Å². The number of aliphatic hydroxyl groups excluding tert-OH is 4. The minimum absolute atomic E-state index is 0.0456. The number of aliphatic hydroxyl groups is 4. The average Bonchev–Trinajstić information content (AvgIpc) is 2.85. The summed E-state index contributed by atoms with van der Waals surface area (Å²) in [4.78, 5) is 0. The largest absolute Gasteiger partial charge is 0.507 e. The lowest BCUT2D eigenvalue weighted by molar-refractivity contribution is -0.277. The topological polar surface area (TPSA) is 190 Å². The van der Waals surface area contributed by atoms with Crippen molar-refractivity contribution in [2.75, 3.05) is 20.8 Å². The van der Waals surface area contributed by atoms with Gasteiger partial charge >= 0.3 is 11.3 Å². The molecule has 2 aromatic carbocycles. The maximum absolute atomic E-state index is 10.4. The van der Waals surface area contributed by atoms with E-state index in [-0.39, 0.29) is 39.9 Å². The smallest absolute Gasteiger partial charge is 0.402 e. The molecule has 188 valence electrons. The molecule has 3 unspecified atom stereocenters. The zero-order chi connectivity index (χ0) is 25.4. The Morgan fingerprint density at radius 3 is 2.23 bits per heavy atom. The zero-order valence-electron chi connectivity index (χ0n) is 18.7. The van der Waals surface area contributed by atoms with E-state index in [1.807, 2.05) is 0 Å². The number of fused-ring (bicyclic) bond motifs is 1. The van der Waals surface area contributed by atoms with Crippen LogP contribution in [0.1, 0.15) is 0 Å². The molecule has 1 aliphatic rings. The number of rotatable bonds is 6. The van der Waals surface area contributed by atoms with Crippen LogP contribution in [-0.4, -0.2) is 87.3 Å². The second-order valence-electron chi connectivity index (χ2n) is 7.86. The maximum Gasteiger partial charge on any atom is 0.402 e. The molecule has 5 atom stereocenters. The Morgan fingerprint density at radius 1 is 0.857 bits per heavy atom. The Morgan fingerprint density at radius 2 is 1.57 bits per heavy atom. The van der Waals surface area contributed by atoms with Crippen LogP contribution in [0.2, 0.25) is 0 Å². The van der Waals surface area contributed by atoms with Crippen LogP contribution in [-0.2, 0) is 4.74 Å². The van der Waals surface area contributed by atoms with Gasteiger partial charge in [0.15, 0.2) is 11.5 Å². The standard InChI is InChI=1S/C23H24O12/c1-31-13-5-10(25)6-14-11(13)7-16(34-23-21(30)20(29)19(28)17(8-24)35-23)22(33-14)9-3-12(26)18(27)15(4-9)32-2/h3-7,17,19-21,23-24,28-30H,8H2,1-2H3,(H2-,25,26,27)/p+1/t17?,19-,20?,21?,23+/m0/s1. The van der Waals surface area contributed by atoms with Crippen LogP contribution in [0.3, 0.4) is 0 Å².